The monoisotopic (exact) mass is 291 g/mol. The minimum Gasteiger partial charge on any atom is -0.345 e. The maximum atomic E-state index is 13.0. The summed E-state index contributed by atoms with van der Waals surface area (Å²) in [6.07, 6.45) is 1.46. The van der Waals surface area contributed by atoms with Crippen LogP contribution in [0.3, 0.4) is 0 Å². The van der Waals surface area contributed by atoms with E-state index in [0.29, 0.717) is 11.4 Å². The van der Waals surface area contributed by atoms with Crippen LogP contribution in [-0.2, 0) is 0 Å². The highest BCUT2D eigenvalue weighted by atomic mass is 35.5. The summed E-state index contributed by atoms with van der Waals surface area (Å²) in [5.74, 6) is -0.496. The summed E-state index contributed by atoms with van der Waals surface area (Å²) in [4.78, 5) is 12.0. The van der Waals surface area contributed by atoms with Crippen LogP contribution in [0.2, 0.25) is 5.02 Å². The molecule has 0 saturated heterocycles. The van der Waals surface area contributed by atoms with E-state index in [2.05, 4.69) is 5.32 Å². The van der Waals surface area contributed by atoms with Gasteiger partial charge in [0.05, 0.1) is 10.6 Å². The Morgan fingerprint density at radius 2 is 2.00 bits per heavy atom. The molecule has 0 aliphatic rings. The predicted octanol–water partition coefficient (Wildman–Crippen LogP) is 4.01. The van der Waals surface area contributed by atoms with Crippen LogP contribution in [0, 0.1) is 5.82 Å². The molecule has 1 aromatic carbocycles. The Morgan fingerprint density at radius 3 is 2.44 bits per heavy atom. The molecular weight excluding hydrogens is 276 g/mol. The number of hydrogen-bond acceptors (Lipinski definition) is 1. The van der Waals surface area contributed by atoms with Gasteiger partial charge in [0.15, 0.2) is 0 Å². The molecule has 18 heavy (non-hydrogen) atoms. The van der Waals surface area contributed by atoms with Crippen LogP contribution in [0.15, 0.2) is 18.2 Å². The minimum atomic E-state index is -0.539. The number of alkyl halides is 1. The fourth-order valence-electron chi connectivity index (χ4n) is 1.60. The molecule has 0 atom stereocenters. The predicted molar refractivity (Wildman–Crippen MR) is 72.9 cm³/mol. The number of hydrogen-bond donors (Lipinski definition) is 1. The van der Waals surface area contributed by atoms with Crippen molar-refractivity contribution in [1.29, 1.82) is 0 Å². The summed E-state index contributed by atoms with van der Waals surface area (Å²) in [6, 6.07) is 3.90. The molecule has 0 fully saturated rings. The van der Waals surface area contributed by atoms with Crippen molar-refractivity contribution < 1.29 is 9.18 Å². The van der Waals surface area contributed by atoms with Crippen molar-refractivity contribution in [2.45, 2.75) is 32.2 Å². The lowest BCUT2D eigenvalue weighted by atomic mass is 9.94. The second-order valence-corrected chi connectivity index (χ2v) is 4.88. The standard InChI is InChI=1S/C13H16Cl2FNO/c1-3-13(4-2,8-14)17-12(18)9-5-6-11(16)10(15)7-9/h5-7H,3-4,8H2,1-2H3,(H,17,18). The SMILES string of the molecule is CCC(CC)(CCl)NC(=O)c1ccc(F)c(Cl)c1. The van der Waals surface area contributed by atoms with Crippen molar-refractivity contribution in [3.63, 3.8) is 0 Å². The summed E-state index contributed by atoms with van der Waals surface area (Å²) in [5, 5.41) is 2.83. The zero-order valence-corrected chi connectivity index (χ0v) is 11.9. The molecule has 1 aromatic rings. The van der Waals surface area contributed by atoms with Crippen LogP contribution in [0.25, 0.3) is 0 Å². The first kappa shape index (κ1) is 15.3. The van der Waals surface area contributed by atoms with Crippen molar-refractivity contribution in [2.75, 3.05) is 5.88 Å². The van der Waals surface area contributed by atoms with Crippen molar-refractivity contribution in [2.24, 2.45) is 0 Å². The summed E-state index contributed by atoms with van der Waals surface area (Å²) >= 11 is 11.6. The van der Waals surface area contributed by atoms with Crippen LogP contribution in [0.4, 0.5) is 4.39 Å². The van der Waals surface area contributed by atoms with Crippen LogP contribution >= 0.6 is 23.2 Å². The van der Waals surface area contributed by atoms with Crippen LogP contribution in [0.1, 0.15) is 37.0 Å². The highest BCUT2D eigenvalue weighted by Crippen LogP contribution is 2.20. The topological polar surface area (TPSA) is 29.1 Å². The van der Waals surface area contributed by atoms with Gasteiger partial charge >= 0.3 is 0 Å². The van der Waals surface area contributed by atoms with Gasteiger partial charge in [0, 0.05) is 11.4 Å². The smallest absolute Gasteiger partial charge is 0.251 e. The van der Waals surface area contributed by atoms with Crippen LogP contribution < -0.4 is 5.32 Å². The molecule has 0 aliphatic heterocycles. The maximum absolute atomic E-state index is 13.0. The lowest BCUT2D eigenvalue weighted by Crippen LogP contribution is -2.49. The molecule has 1 N–H and O–H groups in total. The molecule has 0 radical (unpaired) electrons. The van der Waals surface area contributed by atoms with E-state index in [0.717, 1.165) is 12.8 Å². The first-order valence-electron chi connectivity index (χ1n) is 5.81. The largest absolute Gasteiger partial charge is 0.345 e. The molecule has 100 valence electrons. The van der Waals surface area contributed by atoms with Gasteiger partial charge in [0.25, 0.3) is 5.91 Å². The normalized spacial score (nSPS) is 11.4. The zero-order chi connectivity index (χ0) is 13.8. The Morgan fingerprint density at radius 1 is 1.39 bits per heavy atom. The van der Waals surface area contributed by atoms with Crippen LogP contribution in [0.5, 0.6) is 0 Å². The van der Waals surface area contributed by atoms with Gasteiger partial charge in [0.2, 0.25) is 0 Å². The Kier molecular flexibility index (Phi) is 5.42. The number of amides is 1. The molecule has 0 spiro atoms. The van der Waals surface area contributed by atoms with Crippen LogP contribution in [-0.4, -0.2) is 17.3 Å². The minimum absolute atomic E-state index is 0.0629. The Bertz CT molecular complexity index is 425. The van der Waals surface area contributed by atoms with Gasteiger partial charge < -0.3 is 5.32 Å². The molecule has 0 bridgehead atoms. The number of carbonyl (C=O) groups is 1. The van der Waals surface area contributed by atoms with Crippen molar-refractivity contribution in [3.05, 3.63) is 34.6 Å². The summed E-state index contributed by atoms with van der Waals surface area (Å²) in [7, 11) is 0. The van der Waals surface area contributed by atoms with Crippen molar-refractivity contribution in [1.82, 2.24) is 5.32 Å². The fourth-order valence-corrected chi connectivity index (χ4v) is 2.22. The van der Waals surface area contributed by atoms with E-state index in [1.165, 1.54) is 18.2 Å². The molecule has 0 aromatic heterocycles. The Balaban J connectivity index is 2.90. The highest BCUT2D eigenvalue weighted by molar-refractivity contribution is 6.31. The molecule has 0 unspecified atom stereocenters. The first-order valence-corrected chi connectivity index (χ1v) is 6.72. The van der Waals surface area contributed by atoms with E-state index in [9.17, 15) is 9.18 Å². The number of nitrogens with one attached hydrogen (secondary N) is 1. The Labute approximate surface area is 116 Å². The zero-order valence-electron chi connectivity index (χ0n) is 10.4. The van der Waals surface area contributed by atoms with Gasteiger partial charge in [0.1, 0.15) is 5.82 Å². The summed E-state index contributed by atoms with van der Waals surface area (Å²) in [5.41, 5.74) is -0.0998. The quantitative estimate of drug-likeness (QED) is 0.816. The fraction of sp³-hybridized carbons (Fsp3) is 0.462. The maximum Gasteiger partial charge on any atom is 0.251 e. The number of benzene rings is 1. The third kappa shape index (κ3) is 3.36. The van der Waals surface area contributed by atoms with E-state index >= 15 is 0 Å². The second kappa shape index (κ2) is 6.39. The van der Waals surface area contributed by atoms with Gasteiger partial charge in [-0.05, 0) is 31.0 Å². The lowest BCUT2D eigenvalue weighted by Gasteiger charge is -2.30. The van der Waals surface area contributed by atoms with Crippen molar-refractivity contribution in [3.8, 4) is 0 Å². The molecule has 5 heteroatoms. The lowest BCUT2D eigenvalue weighted by molar-refractivity contribution is 0.0902. The molecular formula is C13H16Cl2FNO. The molecule has 1 rings (SSSR count). The van der Waals surface area contributed by atoms with E-state index in [4.69, 9.17) is 23.2 Å². The van der Waals surface area contributed by atoms with Crippen molar-refractivity contribution >= 4 is 29.1 Å². The molecule has 0 heterocycles. The highest BCUT2D eigenvalue weighted by Gasteiger charge is 2.27. The Hall–Kier alpha value is -0.800. The molecule has 0 aliphatic carbocycles. The van der Waals surface area contributed by atoms with Gasteiger partial charge in [-0.1, -0.05) is 25.4 Å². The van der Waals surface area contributed by atoms with E-state index in [-0.39, 0.29) is 10.9 Å². The number of halogens is 3. The third-order valence-electron chi connectivity index (χ3n) is 3.17. The number of rotatable bonds is 5. The first-order chi connectivity index (χ1) is 8.48. The van der Waals surface area contributed by atoms with E-state index in [1.54, 1.807) is 0 Å². The van der Waals surface area contributed by atoms with Gasteiger partial charge in [-0.3, -0.25) is 4.79 Å². The molecule has 2 nitrogen and oxygen atoms in total. The molecule has 1 amide bonds. The summed E-state index contributed by atoms with van der Waals surface area (Å²) < 4.78 is 13.0. The van der Waals surface area contributed by atoms with Gasteiger partial charge in [-0.15, -0.1) is 11.6 Å². The van der Waals surface area contributed by atoms with Gasteiger partial charge in [-0.2, -0.15) is 0 Å². The average molecular weight is 292 g/mol. The average Bonchev–Trinajstić information content (AvgIpc) is 2.39. The summed E-state index contributed by atoms with van der Waals surface area (Å²) in [6.45, 7) is 3.92. The van der Waals surface area contributed by atoms with E-state index in [1.807, 2.05) is 13.8 Å². The van der Waals surface area contributed by atoms with E-state index < -0.39 is 11.4 Å². The molecule has 0 saturated carbocycles. The number of carbonyl (C=O) groups excluding carboxylic acids is 1. The second-order valence-electron chi connectivity index (χ2n) is 4.20. The van der Waals surface area contributed by atoms with Gasteiger partial charge in [-0.25, -0.2) is 4.39 Å². The third-order valence-corrected chi connectivity index (χ3v) is 3.97.